The molecule has 0 aliphatic heterocycles. The number of hydrogen-bond donors (Lipinski definition) is 2. The fourth-order valence-corrected chi connectivity index (χ4v) is 3.79. The highest BCUT2D eigenvalue weighted by Gasteiger charge is 2.32. The molecule has 0 unspecified atom stereocenters. The van der Waals surface area contributed by atoms with Gasteiger partial charge in [-0.15, -0.1) is 0 Å². The molecule has 21 heavy (non-hydrogen) atoms. The Balaban J connectivity index is 3.66. The van der Waals surface area contributed by atoms with E-state index in [1.165, 1.54) is 26.0 Å². The second-order valence-corrected chi connectivity index (χ2v) is 8.01. The molecule has 0 heterocycles. The Kier molecular flexibility index (Phi) is 5.18. The van der Waals surface area contributed by atoms with Gasteiger partial charge in [-0.2, -0.15) is 0 Å². The van der Waals surface area contributed by atoms with Crippen molar-refractivity contribution < 1.29 is 17.9 Å². The van der Waals surface area contributed by atoms with Crippen molar-refractivity contribution in [2.75, 3.05) is 0 Å². The summed E-state index contributed by atoms with van der Waals surface area (Å²) < 4.78 is 41.8. The Morgan fingerprint density at radius 1 is 1.19 bits per heavy atom. The van der Waals surface area contributed by atoms with Gasteiger partial charge in [0.2, 0.25) is 10.0 Å². The first-order valence-corrected chi connectivity index (χ1v) is 8.43. The molecule has 0 saturated carbocycles. The van der Waals surface area contributed by atoms with E-state index in [9.17, 15) is 17.9 Å². The predicted molar refractivity (Wildman–Crippen MR) is 81.2 cm³/mol. The van der Waals surface area contributed by atoms with E-state index in [2.05, 4.69) is 4.72 Å². The summed E-state index contributed by atoms with van der Waals surface area (Å²) in [4.78, 5) is -0.217. The average molecular weight is 317 g/mol. The van der Waals surface area contributed by atoms with Crippen LogP contribution in [0.4, 0.5) is 4.39 Å². The van der Waals surface area contributed by atoms with Gasteiger partial charge in [0.25, 0.3) is 0 Å². The first kappa shape index (κ1) is 18.1. The van der Waals surface area contributed by atoms with E-state index in [0.717, 1.165) is 0 Å². The van der Waals surface area contributed by atoms with Gasteiger partial charge in [-0.1, -0.05) is 19.9 Å². The lowest BCUT2D eigenvalue weighted by molar-refractivity contribution is 0.0709. The van der Waals surface area contributed by atoms with E-state index in [4.69, 9.17) is 0 Å². The molecule has 0 fully saturated rings. The SMILES string of the molecule is CC(C)NS(=O)(=O)c1ccc(C(C)C)c(F)c1C(C)(C)O. The monoisotopic (exact) mass is 317 g/mol. The maximum atomic E-state index is 14.7. The van der Waals surface area contributed by atoms with Crippen LogP contribution < -0.4 is 4.72 Å². The second-order valence-electron chi connectivity index (χ2n) is 6.33. The number of benzene rings is 1. The Hall–Kier alpha value is -0.980. The Bertz CT molecular complexity index is 617. The second kappa shape index (κ2) is 6.02. The van der Waals surface area contributed by atoms with Crippen molar-refractivity contribution in [1.82, 2.24) is 4.72 Å². The third-order valence-electron chi connectivity index (χ3n) is 3.05. The van der Waals surface area contributed by atoms with Crippen LogP contribution in [0.15, 0.2) is 17.0 Å². The molecule has 6 heteroatoms. The molecule has 0 aliphatic carbocycles. The minimum Gasteiger partial charge on any atom is -0.386 e. The van der Waals surface area contributed by atoms with Gasteiger partial charge in [0.15, 0.2) is 0 Å². The molecule has 2 N–H and O–H groups in total. The summed E-state index contributed by atoms with van der Waals surface area (Å²) in [5.74, 6) is -0.773. The molecule has 120 valence electrons. The van der Waals surface area contributed by atoms with Crippen molar-refractivity contribution in [1.29, 1.82) is 0 Å². The molecule has 0 spiro atoms. The fraction of sp³-hybridized carbons (Fsp3) is 0.600. The fourth-order valence-electron chi connectivity index (χ4n) is 2.19. The third-order valence-corrected chi connectivity index (χ3v) is 4.75. The maximum absolute atomic E-state index is 14.7. The normalized spacial score (nSPS) is 13.2. The summed E-state index contributed by atoms with van der Waals surface area (Å²) in [6.45, 7) is 9.74. The van der Waals surface area contributed by atoms with Gasteiger partial charge in [0.1, 0.15) is 5.82 Å². The van der Waals surface area contributed by atoms with Crippen LogP contribution in [0.5, 0.6) is 0 Å². The smallest absolute Gasteiger partial charge is 0.241 e. The van der Waals surface area contributed by atoms with Crippen LogP contribution in [0.1, 0.15) is 58.6 Å². The van der Waals surface area contributed by atoms with E-state index in [0.29, 0.717) is 5.56 Å². The highest BCUT2D eigenvalue weighted by atomic mass is 32.2. The molecule has 0 aliphatic rings. The molecule has 0 atom stereocenters. The molecule has 1 aromatic rings. The highest BCUT2D eigenvalue weighted by Crippen LogP contribution is 2.34. The maximum Gasteiger partial charge on any atom is 0.241 e. The van der Waals surface area contributed by atoms with Gasteiger partial charge in [-0.3, -0.25) is 0 Å². The first-order valence-electron chi connectivity index (χ1n) is 6.95. The van der Waals surface area contributed by atoms with Crippen molar-refractivity contribution in [3.05, 3.63) is 29.1 Å². The van der Waals surface area contributed by atoms with Crippen molar-refractivity contribution in [2.45, 2.75) is 64.0 Å². The lowest BCUT2D eigenvalue weighted by atomic mass is 9.92. The molecular formula is C15H24FNO3S. The van der Waals surface area contributed by atoms with Gasteiger partial charge < -0.3 is 5.11 Å². The molecule has 0 radical (unpaired) electrons. The summed E-state index contributed by atoms with van der Waals surface area (Å²) >= 11 is 0. The molecule has 0 aromatic heterocycles. The number of hydrogen-bond acceptors (Lipinski definition) is 3. The van der Waals surface area contributed by atoms with Crippen LogP contribution in [-0.4, -0.2) is 19.6 Å². The molecule has 0 amide bonds. The van der Waals surface area contributed by atoms with Gasteiger partial charge in [-0.05, 0) is 45.2 Å². The van der Waals surface area contributed by atoms with Gasteiger partial charge in [-0.25, -0.2) is 17.5 Å². The standard InChI is InChI=1S/C15H24FNO3S/c1-9(2)11-7-8-12(21(19,20)17-10(3)4)13(14(11)16)15(5,6)18/h7-10,17-18H,1-6H3. The zero-order chi connectivity index (χ0) is 16.6. The summed E-state index contributed by atoms with van der Waals surface area (Å²) in [7, 11) is -3.89. The number of sulfonamides is 1. The van der Waals surface area contributed by atoms with Crippen LogP contribution >= 0.6 is 0 Å². The summed E-state index contributed by atoms with van der Waals surface area (Å²) in [5, 5.41) is 10.2. The van der Waals surface area contributed by atoms with Crippen LogP contribution in [0.3, 0.4) is 0 Å². The highest BCUT2D eigenvalue weighted by molar-refractivity contribution is 7.89. The number of halogens is 1. The van der Waals surface area contributed by atoms with E-state index in [-0.39, 0.29) is 22.4 Å². The van der Waals surface area contributed by atoms with Crippen molar-refractivity contribution in [2.24, 2.45) is 0 Å². The Morgan fingerprint density at radius 2 is 1.71 bits per heavy atom. The first-order chi connectivity index (χ1) is 9.38. The molecule has 4 nitrogen and oxygen atoms in total. The summed E-state index contributed by atoms with van der Waals surface area (Å²) in [6, 6.07) is 2.50. The van der Waals surface area contributed by atoms with E-state index in [1.807, 2.05) is 13.8 Å². The van der Waals surface area contributed by atoms with Crippen LogP contribution in [0, 0.1) is 5.82 Å². The minimum absolute atomic E-state index is 0.110. The van der Waals surface area contributed by atoms with Crippen LogP contribution in [0.25, 0.3) is 0 Å². The van der Waals surface area contributed by atoms with Gasteiger partial charge >= 0.3 is 0 Å². The Morgan fingerprint density at radius 3 is 2.10 bits per heavy atom. The molecular weight excluding hydrogens is 293 g/mol. The Labute approximate surface area is 126 Å². The van der Waals surface area contributed by atoms with E-state index >= 15 is 0 Å². The number of nitrogens with one attached hydrogen (secondary N) is 1. The lowest BCUT2D eigenvalue weighted by Crippen LogP contribution is -2.33. The zero-order valence-electron chi connectivity index (χ0n) is 13.4. The summed E-state index contributed by atoms with van der Waals surface area (Å²) in [5.41, 5.74) is -1.41. The third kappa shape index (κ3) is 4.02. The van der Waals surface area contributed by atoms with Crippen LogP contribution in [-0.2, 0) is 15.6 Å². The largest absolute Gasteiger partial charge is 0.386 e. The van der Waals surface area contributed by atoms with Crippen molar-refractivity contribution in [3.63, 3.8) is 0 Å². The molecule has 0 bridgehead atoms. The predicted octanol–water partition coefficient (Wildman–Crippen LogP) is 2.86. The zero-order valence-corrected chi connectivity index (χ0v) is 14.2. The van der Waals surface area contributed by atoms with E-state index in [1.54, 1.807) is 13.8 Å². The topological polar surface area (TPSA) is 66.4 Å². The minimum atomic E-state index is -3.89. The lowest BCUT2D eigenvalue weighted by Gasteiger charge is -2.25. The van der Waals surface area contributed by atoms with Gasteiger partial charge in [0.05, 0.1) is 10.5 Å². The van der Waals surface area contributed by atoms with Gasteiger partial charge in [0, 0.05) is 11.6 Å². The van der Waals surface area contributed by atoms with Crippen molar-refractivity contribution in [3.8, 4) is 0 Å². The average Bonchev–Trinajstić information content (AvgIpc) is 2.24. The molecule has 1 rings (SSSR count). The van der Waals surface area contributed by atoms with Crippen molar-refractivity contribution >= 4 is 10.0 Å². The van der Waals surface area contributed by atoms with Crippen LogP contribution in [0.2, 0.25) is 0 Å². The quantitative estimate of drug-likeness (QED) is 0.877. The number of aliphatic hydroxyl groups is 1. The van der Waals surface area contributed by atoms with E-state index < -0.39 is 21.4 Å². The number of rotatable bonds is 5. The molecule has 0 saturated heterocycles. The summed E-state index contributed by atoms with van der Waals surface area (Å²) in [6.07, 6.45) is 0. The molecule has 1 aromatic carbocycles.